The standard InChI is InChI=1S/C21H26N4O2/c1-13(2)10-15-11-18(21(3,4)5)24-25(15)19-9-8-17(23-19)16-7-6-14(12-22-16)20(26)27/h6-9,11-13,23H,10H2,1-5H3,(H,26,27). The monoisotopic (exact) mass is 366 g/mol. The highest BCUT2D eigenvalue weighted by Crippen LogP contribution is 2.26. The predicted molar refractivity (Wildman–Crippen MR) is 105 cm³/mol. The van der Waals surface area contributed by atoms with Gasteiger partial charge in [-0.3, -0.25) is 4.98 Å². The van der Waals surface area contributed by atoms with Gasteiger partial charge in [0.15, 0.2) is 0 Å². The Labute approximate surface area is 159 Å². The van der Waals surface area contributed by atoms with Crippen molar-refractivity contribution in [2.45, 2.75) is 46.5 Å². The fourth-order valence-electron chi connectivity index (χ4n) is 2.89. The summed E-state index contributed by atoms with van der Waals surface area (Å²) in [5.41, 5.74) is 3.88. The molecule has 0 bridgehead atoms. The van der Waals surface area contributed by atoms with Gasteiger partial charge in [-0.05, 0) is 42.7 Å². The molecular formula is C21H26N4O2. The van der Waals surface area contributed by atoms with E-state index in [1.54, 1.807) is 12.1 Å². The third-order valence-electron chi connectivity index (χ3n) is 4.35. The molecule has 3 heterocycles. The Hall–Kier alpha value is -2.89. The van der Waals surface area contributed by atoms with Crippen LogP contribution in [-0.4, -0.2) is 30.8 Å². The Morgan fingerprint density at radius 2 is 1.96 bits per heavy atom. The normalized spacial score (nSPS) is 11.9. The summed E-state index contributed by atoms with van der Waals surface area (Å²) in [5, 5.41) is 13.8. The van der Waals surface area contributed by atoms with E-state index in [1.807, 2.05) is 16.8 Å². The van der Waals surface area contributed by atoms with E-state index in [4.69, 9.17) is 10.2 Å². The lowest BCUT2D eigenvalue weighted by molar-refractivity contribution is 0.0696. The lowest BCUT2D eigenvalue weighted by atomic mass is 9.92. The van der Waals surface area contributed by atoms with Crippen molar-refractivity contribution in [3.8, 4) is 17.2 Å². The molecule has 3 aromatic heterocycles. The van der Waals surface area contributed by atoms with Crippen LogP contribution in [0.1, 0.15) is 56.4 Å². The maximum Gasteiger partial charge on any atom is 0.337 e. The Balaban J connectivity index is 1.98. The van der Waals surface area contributed by atoms with Gasteiger partial charge >= 0.3 is 5.97 Å². The highest BCUT2D eigenvalue weighted by atomic mass is 16.4. The van der Waals surface area contributed by atoms with E-state index in [2.05, 4.69) is 50.7 Å². The molecule has 2 N–H and O–H groups in total. The summed E-state index contributed by atoms with van der Waals surface area (Å²) in [6.45, 7) is 10.9. The van der Waals surface area contributed by atoms with Crippen molar-refractivity contribution in [2.75, 3.05) is 0 Å². The second kappa shape index (κ2) is 7.02. The van der Waals surface area contributed by atoms with E-state index < -0.39 is 5.97 Å². The molecule has 0 saturated heterocycles. The van der Waals surface area contributed by atoms with E-state index in [0.717, 1.165) is 29.3 Å². The number of carboxylic acid groups (broad SMARTS) is 1. The van der Waals surface area contributed by atoms with Crippen molar-refractivity contribution in [2.24, 2.45) is 5.92 Å². The van der Waals surface area contributed by atoms with Crippen molar-refractivity contribution >= 4 is 5.97 Å². The maximum atomic E-state index is 11.0. The van der Waals surface area contributed by atoms with Crippen LogP contribution in [0.2, 0.25) is 0 Å². The molecule has 0 saturated carbocycles. The van der Waals surface area contributed by atoms with Gasteiger partial charge in [0, 0.05) is 17.3 Å². The quantitative estimate of drug-likeness (QED) is 0.698. The highest BCUT2D eigenvalue weighted by Gasteiger charge is 2.21. The number of rotatable bonds is 5. The van der Waals surface area contributed by atoms with Gasteiger partial charge < -0.3 is 10.1 Å². The smallest absolute Gasteiger partial charge is 0.337 e. The fraction of sp³-hybridized carbons (Fsp3) is 0.381. The van der Waals surface area contributed by atoms with Crippen molar-refractivity contribution in [3.63, 3.8) is 0 Å². The molecule has 0 spiro atoms. The Kier molecular flexibility index (Phi) is 4.91. The van der Waals surface area contributed by atoms with Crippen LogP contribution in [0.4, 0.5) is 0 Å². The minimum absolute atomic E-state index is 0.0272. The van der Waals surface area contributed by atoms with Crippen molar-refractivity contribution in [1.82, 2.24) is 19.7 Å². The number of H-pyrrole nitrogens is 1. The summed E-state index contributed by atoms with van der Waals surface area (Å²) in [6, 6.07) is 9.36. The zero-order chi connectivity index (χ0) is 19.8. The van der Waals surface area contributed by atoms with Gasteiger partial charge in [0.25, 0.3) is 0 Å². The first-order valence-corrected chi connectivity index (χ1v) is 9.13. The topological polar surface area (TPSA) is 83.8 Å². The second-order valence-electron chi connectivity index (χ2n) is 8.28. The van der Waals surface area contributed by atoms with Crippen LogP contribution < -0.4 is 0 Å². The van der Waals surface area contributed by atoms with Crippen LogP contribution in [0.15, 0.2) is 36.5 Å². The highest BCUT2D eigenvalue weighted by molar-refractivity contribution is 5.87. The maximum absolute atomic E-state index is 11.0. The molecule has 0 amide bonds. The first-order chi connectivity index (χ1) is 12.6. The number of pyridine rings is 1. The van der Waals surface area contributed by atoms with Crippen LogP contribution in [0.5, 0.6) is 0 Å². The Bertz CT molecular complexity index is 943. The summed E-state index contributed by atoms with van der Waals surface area (Å²) in [7, 11) is 0. The first kappa shape index (κ1) is 18.9. The van der Waals surface area contributed by atoms with E-state index in [0.29, 0.717) is 11.6 Å². The summed E-state index contributed by atoms with van der Waals surface area (Å²) in [4.78, 5) is 18.6. The van der Waals surface area contributed by atoms with Crippen LogP contribution in [0, 0.1) is 5.92 Å². The van der Waals surface area contributed by atoms with E-state index in [9.17, 15) is 4.79 Å². The number of aromatic carboxylic acids is 1. The molecular weight excluding hydrogens is 340 g/mol. The zero-order valence-corrected chi connectivity index (χ0v) is 16.4. The molecule has 0 aliphatic heterocycles. The lowest BCUT2D eigenvalue weighted by Gasteiger charge is -2.14. The Morgan fingerprint density at radius 3 is 2.52 bits per heavy atom. The molecule has 0 atom stereocenters. The van der Waals surface area contributed by atoms with Crippen molar-refractivity contribution in [1.29, 1.82) is 0 Å². The molecule has 0 radical (unpaired) electrons. The minimum Gasteiger partial charge on any atom is -0.478 e. The molecule has 0 aromatic carbocycles. The molecule has 3 rings (SSSR count). The molecule has 6 nitrogen and oxygen atoms in total. The van der Waals surface area contributed by atoms with Gasteiger partial charge in [-0.1, -0.05) is 34.6 Å². The molecule has 27 heavy (non-hydrogen) atoms. The summed E-state index contributed by atoms with van der Waals surface area (Å²) >= 11 is 0. The van der Waals surface area contributed by atoms with E-state index >= 15 is 0 Å². The fourth-order valence-corrected chi connectivity index (χ4v) is 2.89. The minimum atomic E-state index is -0.981. The van der Waals surface area contributed by atoms with Crippen molar-refractivity contribution in [3.05, 3.63) is 53.5 Å². The average molecular weight is 366 g/mol. The van der Waals surface area contributed by atoms with Crippen LogP contribution in [-0.2, 0) is 11.8 Å². The van der Waals surface area contributed by atoms with Gasteiger partial charge in [0.05, 0.1) is 22.6 Å². The van der Waals surface area contributed by atoms with Crippen molar-refractivity contribution < 1.29 is 9.90 Å². The molecule has 3 aromatic rings. The van der Waals surface area contributed by atoms with Gasteiger partial charge in [-0.25, -0.2) is 9.48 Å². The number of hydrogen-bond donors (Lipinski definition) is 2. The summed E-state index contributed by atoms with van der Waals surface area (Å²) < 4.78 is 1.97. The third kappa shape index (κ3) is 4.10. The molecule has 0 fully saturated rings. The molecule has 0 aliphatic carbocycles. The van der Waals surface area contributed by atoms with Crippen LogP contribution in [0.3, 0.4) is 0 Å². The number of carbonyl (C=O) groups is 1. The van der Waals surface area contributed by atoms with Gasteiger partial charge in [0.1, 0.15) is 5.82 Å². The number of aromatic nitrogens is 4. The number of hydrogen-bond acceptors (Lipinski definition) is 3. The SMILES string of the molecule is CC(C)Cc1cc(C(C)(C)C)nn1-c1ccc(-c2ccc(C(=O)O)cn2)[nH]1. The first-order valence-electron chi connectivity index (χ1n) is 9.13. The third-order valence-corrected chi connectivity index (χ3v) is 4.35. The Morgan fingerprint density at radius 1 is 1.22 bits per heavy atom. The average Bonchev–Trinajstić information content (AvgIpc) is 3.20. The molecule has 0 unspecified atom stereocenters. The second-order valence-corrected chi connectivity index (χ2v) is 8.28. The number of nitrogens with one attached hydrogen (secondary N) is 1. The van der Waals surface area contributed by atoms with Crippen LogP contribution in [0.25, 0.3) is 17.2 Å². The predicted octanol–water partition coefficient (Wildman–Crippen LogP) is 4.46. The van der Waals surface area contributed by atoms with Gasteiger partial charge in [-0.15, -0.1) is 0 Å². The van der Waals surface area contributed by atoms with Gasteiger partial charge in [-0.2, -0.15) is 5.10 Å². The largest absolute Gasteiger partial charge is 0.478 e. The van der Waals surface area contributed by atoms with E-state index in [1.165, 1.54) is 6.20 Å². The number of aromatic amines is 1. The van der Waals surface area contributed by atoms with Gasteiger partial charge in [0.2, 0.25) is 0 Å². The summed E-state index contributed by atoms with van der Waals surface area (Å²) in [6.07, 6.45) is 2.30. The molecule has 6 heteroatoms. The van der Waals surface area contributed by atoms with Crippen LogP contribution >= 0.6 is 0 Å². The number of nitrogens with zero attached hydrogens (tertiary/aromatic N) is 3. The zero-order valence-electron chi connectivity index (χ0n) is 16.4. The molecule has 142 valence electrons. The number of carboxylic acids is 1. The summed E-state index contributed by atoms with van der Waals surface area (Å²) in [5.74, 6) is 0.416. The van der Waals surface area contributed by atoms with E-state index in [-0.39, 0.29) is 11.0 Å². The molecule has 0 aliphatic rings. The lowest BCUT2D eigenvalue weighted by Crippen LogP contribution is -2.12.